The minimum Gasteiger partial charge on any atom is -0.444 e. The second-order valence-corrected chi connectivity index (χ2v) is 4.33. The van der Waals surface area contributed by atoms with Gasteiger partial charge in [-0.3, -0.25) is 4.90 Å². The Hall–Kier alpha value is -2.07. The highest BCUT2D eigenvalue weighted by Gasteiger charge is 2.12. The van der Waals surface area contributed by atoms with Crippen molar-refractivity contribution >= 4 is 23.4 Å². The topological polar surface area (TPSA) is 42.4 Å². The molecule has 2 aromatic rings. The first-order valence-corrected chi connectivity index (χ1v) is 6.10. The Balaban J connectivity index is 1.94. The average Bonchev–Trinajstić information content (AvgIpc) is 2.46. The number of ether oxygens (including phenoxy) is 1. The zero-order valence-electron chi connectivity index (χ0n) is 10.4. The molecule has 0 spiro atoms. The van der Waals surface area contributed by atoms with Crippen molar-refractivity contribution in [1.82, 2.24) is 4.98 Å². The molecule has 0 unspecified atom stereocenters. The fourth-order valence-corrected chi connectivity index (χ4v) is 1.60. The molecule has 0 radical (unpaired) electrons. The molecule has 1 heterocycles. The highest BCUT2D eigenvalue weighted by molar-refractivity contribution is 6.29. The van der Waals surface area contributed by atoms with Gasteiger partial charge in [0.1, 0.15) is 11.8 Å². The molecule has 0 atom stereocenters. The number of nitrogens with zero attached hydrogens (tertiary/aromatic N) is 2. The first-order valence-electron chi connectivity index (χ1n) is 5.73. The lowest BCUT2D eigenvalue weighted by molar-refractivity contribution is 0.148. The average molecular weight is 277 g/mol. The number of pyridine rings is 1. The summed E-state index contributed by atoms with van der Waals surface area (Å²) in [5.41, 5.74) is 1.57. The van der Waals surface area contributed by atoms with Crippen LogP contribution in [0.3, 0.4) is 0 Å². The van der Waals surface area contributed by atoms with E-state index < -0.39 is 6.09 Å². The van der Waals surface area contributed by atoms with Crippen LogP contribution in [0.25, 0.3) is 0 Å². The summed E-state index contributed by atoms with van der Waals surface area (Å²) in [6, 6.07) is 12.8. The predicted molar refractivity (Wildman–Crippen MR) is 74.3 cm³/mol. The smallest absolute Gasteiger partial charge is 0.414 e. The molecule has 2 rings (SSSR count). The van der Waals surface area contributed by atoms with Crippen LogP contribution in [-0.4, -0.2) is 18.1 Å². The molecule has 0 aliphatic carbocycles. The maximum atomic E-state index is 11.8. The van der Waals surface area contributed by atoms with Crippen molar-refractivity contribution in [3.05, 3.63) is 59.4 Å². The molecule has 0 saturated heterocycles. The second kappa shape index (κ2) is 6.20. The largest absolute Gasteiger partial charge is 0.444 e. The lowest BCUT2D eigenvalue weighted by Crippen LogP contribution is -2.26. The van der Waals surface area contributed by atoms with E-state index in [4.69, 9.17) is 16.3 Å². The van der Waals surface area contributed by atoms with Gasteiger partial charge in [0.15, 0.2) is 0 Å². The van der Waals surface area contributed by atoms with Gasteiger partial charge in [-0.25, -0.2) is 9.78 Å². The first kappa shape index (κ1) is 13.4. The summed E-state index contributed by atoms with van der Waals surface area (Å²) in [6.45, 7) is 0.241. The molecule has 0 bridgehead atoms. The molecular formula is C14H13ClN2O2. The molecule has 1 aromatic heterocycles. The third kappa shape index (κ3) is 3.69. The van der Waals surface area contributed by atoms with Gasteiger partial charge in [-0.1, -0.05) is 41.9 Å². The molecule has 5 heteroatoms. The Bertz CT molecular complexity index is 543. The fraction of sp³-hybridized carbons (Fsp3) is 0.143. The van der Waals surface area contributed by atoms with Gasteiger partial charge >= 0.3 is 6.09 Å². The van der Waals surface area contributed by atoms with Gasteiger partial charge in [-0.05, 0) is 17.7 Å². The molecule has 4 nitrogen and oxygen atoms in total. The standard InChI is InChI=1S/C14H13ClN2O2/c1-17(12-7-8-13(15)16-9-12)14(18)19-10-11-5-3-2-4-6-11/h2-9H,10H2,1H3. The molecular weight excluding hydrogens is 264 g/mol. The first-order chi connectivity index (χ1) is 9.16. The van der Waals surface area contributed by atoms with E-state index in [1.165, 1.54) is 11.1 Å². The van der Waals surface area contributed by atoms with Gasteiger partial charge in [0, 0.05) is 7.05 Å². The van der Waals surface area contributed by atoms with E-state index in [1.54, 1.807) is 19.2 Å². The van der Waals surface area contributed by atoms with Crippen molar-refractivity contribution < 1.29 is 9.53 Å². The van der Waals surface area contributed by atoms with Crippen LogP contribution in [0.5, 0.6) is 0 Å². The van der Waals surface area contributed by atoms with Gasteiger partial charge in [-0.15, -0.1) is 0 Å². The van der Waals surface area contributed by atoms with Crippen LogP contribution in [0.4, 0.5) is 10.5 Å². The quantitative estimate of drug-likeness (QED) is 0.806. The van der Waals surface area contributed by atoms with E-state index >= 15 is 0 Å². The molecule has 0 aliphatic heterocycles. The van der Waals surface area contributed by atoms with Crippen LogP contribution in [0.1, 0.15) is 5.56 Å². The molecule has 0 aliphatic rings. The lowest BCUT2D eigenvalue weighted by Gasteiger charge is -2.16. The van der Waals surface area contributed by atoms with E-state index in [-0.39, 0.29) is 6.61 Å². The van der Waals surface area contributed by atoms with Crippen molar-refractivity contribution in [1.29, 1.82) is 0 Å². The normalized spacial score (nSPS) is 10.0. The molecule has 0 saturated carbocycles. The summed E-state index contributed by atoms with van der Waals surface area (Å²) >= 11 is 5.69. The second-order valence-electron chi connectivity index (χ2n) is 3.94. The molecule has 1 aromatic carbocycles. The van der Waals surface area contributed by atoms with E-state index in [2.05, 4.69) is 4.98 Å². The van der Waals surface area contributed by atoms with Crippen LogP contribution < -0.4 is 4.90 Å². The number of aromatic nitrogens is 1. The molecule has 19 heavy (non-hydrogen) atoms. The van der Waals surface area contributed by atoms with Crippen molar-refractivity contribution in [2.24, 2.45) is 0 Å². The molecule has 0 N–H and O–H groups in total. The Labute approximate surface area is 116 Å². The number of carbonyl (C=O) groups excluding carboxylic acids is 1. The van der Waals surface area contributed by atoms with Crippen LogP contribution in [0.15, 0.2) is 48.7 Å². The Morgan fingerprint density at radius 3 is 2.63 bits per heavy atom. The van der Waals surface area contributed by atoms with Gasteiger partial charge in [-0.2, -0.15) is 0 Å². The Kier molecular flexibility index (Phi) is 4.36. The maximum absolute atomic E-state index is 11.8. The van der Waals surface area contributed by atoms with Crippen LogP contribution in [0.2, 0.25) is 5.15 Å². The summed E-state index contributed by atoms with van der Waals surface area (Å²) in [7, 11) is 1.62. The number of amides is 1. The summed E-state index contributed by atoms with van der Waals surface area (Å²) in [6.07, 6.45) is 1.08. The summed E-state index contributed by atoms with van der Waals surface area (Å²) in [5, 5.41) is 0.384. The van der Waals surface area contributed by atoms with Crippen LogP contribution in [-0.2, 0) is 11.3 Å². The van der Waals surface area contributed by atoms with E-state index in [9.17, 15) is 4.79 Å². The number of rotatable bonds is 3. The van der Waals surface area contributed by atoms with Crippen molar-refractivity contribution in [3.8, 4) is 0 Å². The zero-order chi connectivity index (χ0) is 13.7. The van der Waals surface area contributed by atoms with Crippen LogP contribution in [0, 0.1) is 0 Å². The number of anilines is 1. The number of hydrogen-bond donors (Lipinski definition) is 0. The van der Waals surface area contributed by atoms with Crippen LogP contribution >= 0.6 is 11.6 Å². The van der Waals surface area contributed by atoms with Gasteiger partial charge in [0.05, 0.1) is 11.9 Å². The van der Waals surface area contributed by atoms with Gasteiger partial charge in [0.25, 0.3) is 0 Å². The lowest BCUT2D eigenvalue weighted by atomic mass is 10.2. The van der Waals surface area contributed by atoms with E-state index in [0.717, 1.165) is 5.56 Å². The van der Waals surface area contributed by atoms with E-state index in [1.807, 2.05) is 30.3 Å². The number of carbonyl (C=O) groups is 1. The van der Waals surface area contributed by atoms with E-state index in [0.29, 0.717) is 10.8 Å². The number of halogens is 1. The predicted octanol–water partition coefficient (Wildman–Crippen LogP) is 3.51. The summed E-state index contributed by atoms with van der Waals surface area (Å²) in [5.74, 6) is 0. The molecule has 0 fully saturated rings. The third-order valence-electron chi connectivity index (χ3n) is 2.58. The summed E-state index contributed by atoms with van der Waals surface area (Å²) < 4.78 is 5.20. The number of benzene rings is 1. The highest BCUT2D eigenvalue weighted by atomic mass is 35.5. The number of hydrogen-bond acceptors (Lipinski definition) is 3. The molecule has 1 amide bonds. The maximum Gasteiger partial charge on any atom is 0.414 e. The van der Waals surface area contributed by atoms with Gasteiger partial charge in [0.2, 0.25) is 0 Å². The summed E-state index contributed by atoms with van der Waals surface area (Å²) in [4.78, 5) is 17.1. The fourth-order valence-electron chi connectivity index (χ4n) is 1.49. The highest BCUT2D eigenvalue weighted by Crippen LogP contribution is 2.15. The minimum atomic E-state index is -0.437. The van der Waals surface area contributed by atoms with Gasteiger partial charge < -0.3 is 4.74 Å². The minimum absolute atomic E-state index is 0.241. The third-order valence-corrected chi connectivity index (χ3v) is 2.80. The van der Waals surface area contributed by atoms with Crippen molar-refractivity contribution in [2.75, 3.05) is 11.9 Å². The van der Waals surface area contributed by atoms with Crippen molar-refractivity contribution in [3.63, 3.8) is 0 Å². The SMILES string of the molecule is CN(C(=O)OCc1ccccc1)c1ccc(Cl)nc1. The van der Waals surface area contributed by atoms with Crippen molar-refractivity contribution in [2.45, 2.75) is 6.61 Å². The monoisotopic (exact) mass is 276 g/mol. The molecule has 98 valence electrons. The zero-order valence-corrected chi connectivity index (χ0v) is 11.2. The Morgan fingerprint density at radius 2 is 2.00 bits per heavy atom. The Morgan fingerprint density at radius 1 is 1.26 bits per heavy atom.